The summed E-state index contributed by atoms with van der Waals surface area (Å²) in [6.45, 7) is 7.74. The summed E-state index contributed by atoms with van der Waals surface area (Å²) in [5, 5.41) is 6.33. The first-order chi connectivity index (χ1) is 22.6. The Bertz CT molecular complexity index is 1820. The number of carbonyl (C=O) groups excluding carboxylic acids is 2. The third-order valence-electron chi connectivity index (χ3n) is 9.51. The van der Waals surface area contributed by atoms with Crippen molar-refractivity contribution >= 4 is 40.3 Å². The molecule has 1 saturated heterocycles. The molecule has 4 aromatic rings. The Morgan fingerprint density at radius 3 is 2.45 bits per heavy atom. The van der Waals surface area contributed by atoms with Crippen LogP contribution in [0.5, 0.6) is 0 Å². The van der Waals surface area contributed by atoms with Crippen molar-refractivity contribution in [3.8, 4) is 11.3 Å². The number of rotatable bonds is 9. The third kappa shape index (κ3) is 6.89. The molecule has 9 nitrogen and oxygen atoms in total. The number of likely N-dealkylation sites (tertiary alicyclic amines) is 1. The van der Waals surface area contributed by atoms with Crippen molar-refractivity contribution in [1.82, 2.24) is 19.4 Å². The van der Waals surface area contributed by atoms with Gasteiger partial charge in [0, 0.05) is 54.2 Å². The lowest BCUT2D eigenvalue weighted by molar-refractivity contribution is -0.141. The number of hydrogen-bond donors (Lipinski definition) is 2. The number of nitrogens with one attached hydrogen (secondary N) is 2. The van der Waals surface area contributed by atoms with Gasteiger partial charge in [0.1, 0.15) is 6.04 Å². The highest BCUT2D eigenvalue weighted by atomic mass is 32.1. The molecule has 10 heteroatoms. The van der Waals surface area contributed by atoms with Crippen molar-refractivity contribution in [3.63, 3.8) is 0 Å². The smallest absolute Gasteiger partial charge is 0.293 e. The van der Waals surface area contributed by atoms with Gasteiger partial charge >= 0.3 is 0 Å². The number of benzene rings is 2. The van der Waals surface area contributed by atoms with Crippen LogP contribution in [0, 0.1) is 6.92 Å². The molecule has 47 heavy (non-hydrogen) atoms. The number of anilines is 3. The molecule has 0 bridgehead atoms. The molecule has 0 saturated carbocycles. The summed E-state index contributed by atoms with van der Waals surface area (Å²) in [4.78, 5) is 50.6. The highest BCUT2D eigenvalue weighted by Gasteiger charge is 2.33. The highest BCUT2D eigenvalue weighted by Crippen LogP contribution is 2.32. The minimum Gasteiger partial charge on any atom is -0.341 e. The van der Waals surface area contributed by atoms with Crippen LogP contribution >= 0.6 is 11.3 Å². The van der Waals surface area contributed by atoms with E-state index in [1.165, 1.54) is 34.3 Å². The van der Waals surface area contributed by atoms with E-state index in [1.54, 1.807) is 24.6 Å². The molecule has 1 aliphatic carbocycles. The minimum absolute atomic E-state index is 0.101. The largest absolute Gasteiger partial charge is 0.341 e. The van der Waals surface area contributed by atoms with Crippen LogP contribution in [0.2, 0.25) is 0 Å². The van der Waals surface area contributed by atoms with Gasteiger partial charge in [-0.2, -0.15) is 0 Å². The van der Waals surface area contributed by atoms with E-state index < -0.39 is 0 Å². The molecule has 3 heterocycles. The number of likely N-dealkylation sites (N-methyl/N-ethyl adjacent to an activating group) is 1. The summed E-state index contributed by atoms with van der Waals surface area (Å²) >= 11 is 1.61. The van der Waals surface area contributed by atoms with Crippen LogP contribution < -0.4 is 16.2 Å². The summed E-state index contributed by atoms with van der Waals surface area (Å²) in [5.74, 6) is 0.213. The molecule has 2 aromatic carbocycles. The number of carbonyl (C=O) groups is 2. The van der Waals surface area contributed by atoms with Gasteiger partial charge in [-0.1, -0.05) is 30.7 Å². The third-order valence-corrected chi connectivity index (χ3v) is 10.7. The van der Waals surface area contributed by atoms with Crippen LogP contribution in [-0.4, -0.2) is 57.3 Å². The van der Waals surface area contributed by atoms with E-state index >= 15 is 0 Å². The number of aromatic nitrogens is 2. The van der Waals surface area contributed by atoms with E-state index in [1.807, 2.05) is 61.3 Å². The van der Waals surface area contributed by atoms with E-state index in [0.29, 0.717) is 17.1 Å². The average molecular weight is 653 g/mol. The second-order valence-corrected chi connectivity index (χ2v) is 14.2. The van der Waals surface area contributed by atoms with Gasteiger partial charge in [-0.3, -0.25) is 19.3 Å². The second-order valence-electron chi connectivity index (χ2n) is 13.0. The first kappa shape index (κ1) is 32.7. The summed E-state index contributed by atoms with van der Waals surface area (Å²) in [7, 11) is 3.69. The van der Waals surface area contributed by atoms with Crippen molar-refractivity contribution in [1.29, 1.82) is 0 Å². The van der Waals surface area contributed by atoms with Crippen molar-refractivity contribution in [2.45, 2.75) is 71.4 Å². The molecule has 2 aliphatic rings. The van der Waals surface area contributed by atoms with Gasteiger partial charge in [0.2, 0.25) is 5.91 Å². The molecular weight excluding hydrogens is 609 g/mol. The SMILES string of the molecule is Cc1c(NC(=O)c2cc3c(s2)CCCCC3)cccc1-c1cn(C)c(=O)c(Nc2ccc(C(C(=O)N3CCC3)N(C)C(C)C)cc2)n1. The molecule has 2 N–H and O–H groups in total. The van der Waals surface area contributed by atoms with E-state index in [2.05, 4.69) is 35.4 Å². The number of aryl methyl sites for hydroxylation is 3. The maximum atomic E-state index is 13.3. The molecule has 1 aliphatic heterocycles. The lowest BCUT2D eigenvalue weighted by Crippen LogP contribution is -2.49. The Kier molecular flexibility index (Phi) is 9.61. The summed E-state index contributed by atoms with van der Waals surface area (Å²) in [6, 6.07) is 15.3. The van der Waals surface area contributed by atoms with Crippen LogP contribution in [-0.2, 0) is 24.7 Å². The maximum absolute atomic E-state index is 13.3. The van der Waals surface area contributed by atoms with Gasteiger partial charge in [0.25, 0.3) is 11.5 Å². The van der Waals surface area contributed by atoms with Gasteiger partial charge in [0.05, 0.1) is 10.6 Å². The molecule has 0 radical (unpaired) electrons. The van der Waals surface area contributed by atoms with Gasteiger partial charge in [-0.15, -0.1) is 11.3 Å². The number of fused-ring (bicyclic) bond motifs is 1. The lowest BCUT2D eigenvalue weighted by Gasteiger charge is -2.38. The molecule has 2 aromatic heterocycles. The van der Waals surface area contributed by atoms with Crippen LogP contribution in [0.25, 0.3) is 11.3 Å². The summed E-state index contributed by atoms with van der Waals surface area (Å²) in [6.07, 6.45) is 8.46. The van der Waals surface area contributed by atoms with E-state index in [0.717, 1.165) is 53.9 Å². The first-order valence-corrected chi connectivity index (χ1v) is 17.4. The number of amides is 2. The number of hydrogen-bond acceptors (Lipinski definition) is 7. The van der Waals surface area contributed by atoms with Crippen LogP contribution in [0.15, 0.2) is 59.5 Å². The molecule has 2 amide bonds. The summed E-state index contributed by atoms with van der Waals surface area (Å²) in [5.41, 5.74) is 5.68. The Hall–Kier alpha value is -4.28. The zero-order valence-electron chi connectivity index (χ0n) is 27.9. The zero-order valence-corrected chi connectivity index (χ0v) is 28.7. The number of nitrogens with zero attached hydrogens (tertiary/aromatic N) is 4. The lowest BCUT2D eigenvalue weighted by atomic mass is 10.0. The second kappa shape index (κ2) is 13.8. The molecule has 1 fully saturated rings. The molecular formula is C37H44N6O3S. The first-order valence-electron chi connectivity index (χ1n) is 16.6. The highest BCUT2D eigenvalue weighted by molar-refractivity contribution is 7.14. The van der Waals surface area contributed by atoms with Gasteiger partial charge < -0.3 is 20.1 Å². The molecule has 1 atom stereocenters. The van der Waals surface area contributed by atoms with Crippen LogP contribution in [0.4, 0.5) is 17.2 Å². The van der Waals surface area contributed by atoms with E-state index in [4.69, 9.17) is 4.98 Å². The fraction of sp³-hybridized carbons (Fsp3) is 0.405. The molecule has 6 rings (SSSR count). The van der Waals surface area contributed by atoms with Crippen LogP contribution in [0.3, 0.4) is 0 Å². The van der Waals surface area contributed by atoms with Crippen molar-refractivity contribution in [2.24, 2.45) is 7.05 Å². The topological polar surface area (TPSA) is 99.6 Å². The summed E-state index contributed by atoms with van der Waals surface area (Å²) < 4.78 is 1.52. The van der Waals surface area contributed by atoms with Gasteiger partial charge in [-0.05, 0) is 101 Å². The quantitative estimate of drug-likeness (QED) is 0.196. The Morgan fingerprint density at radius 2 is 1.74 bits per heavy atom. The van der Waals surface area contributed by atoms with E-state index in [9.17, 15) is 14.4 Å². The van der Waals surface area contributed by atoms with Gasteiger partial charge in [-0.25, -0.2) is 4.98 Å². The monoisotopic (exact) mass is 652 g/mol. The van der Waals surface area contributed by atoms with Crippen molar-refractivity contribution in [3.05, 3.63) is 91.5 Å². The average Bonchev–Trinajstić information content (AvgIpc) is 3.30. The Morgan fingerprint density at radius 1 is 1.00 bits per heavy atom. The minimum atomic E-state index is -0.371. The normalized spacial score (nSPS) is 15.2. The predicted octanol–water partition coefficient (Wildman–Crippen LogP) is 6.70. The van der Waals surface area contributed by atoms with Crippen molar-refractivity contribution < 1.29 is 9.59 Å². The Balaban J connectivity index is 1.23. The molecule has 0 spiro atoms. The predicted molar refractivity (Wildman–Crippen MR) is 190 cm³/mol. The zero-order chi connectivity index (χ0) is 33.2. The molecule has 1 unspecified atom stereocenters. The van der Waals surface area contributed by atoms with Crippen molar-refractivity contribution in [2.75, 3.05) is 30.8 Å². The fourth-order valence-electron chi connectivity index (χ4n) is 6.27. The standard InChI is InChI=1S/C37H44N6O3S/c1-23(2)42(5)33(36(45)43-19-10-20-43)25-15-17-27(18-16-25)38-34-37(46)41(4)22-30(39-34)28-12-9-13-29(24(28)3)40-35(44)32-21-26-11-7-6-8-14-31(26)47-32/h9,12-13,15-18,21-23,33H,6-8,10-11,14,19-20H2,1-5H3,(H,38,39)(H,40,44). The number of thiophene rings is 1. The Labute approximate surface area is 280 Å². The fourth-order valence-corrected chi connectivity index (χ4v) is 7.42. The van der Waals surface area contributed by atoms with Gasteiger partial charge in [0.15, 0.2) is 5.82 Å². The molecule has 246 valence electrons. The maximum Gasteiger partial charge on any atom is 0.293 e. The van der Waals surface area contributed by atoms with E-state index in [-0.39, 0.29) is 35.3 Å². The van der Waals surface area contributed by atoms with Crippen LogP contribution in [0.1, 0.15) is 76.8 Å².